The molecule has 2 aliphatic heterocycles. The molecule has 3 atom stereocenters. The lowest BCUT2D eigenvalue weighted by molar-refractivity contribution is -0.139. The normalized spacial score (nSPS) is 21.8. The molecule has 3 N–H and O–H groups in total. The molecule has 1 aromatic heterocycles. The highest BCUT2D eigenvalue weighted by Crippen LogP contribution is 2.37. The number of anilines is 1. The monoisotopic (exact) mass is 462 g/mol. The number of rotatable bonds is 7. The molecule has 0 radical (unpaired) electrons. The lowest BCUT2D eigenvalue weighted by Crippen LogP contribution is -2.50. The predicted octanol–water partition coefficient (Wildman–Crippen LogP) is 2.75. The molecule has 1 aromatic carbocycles. The lowest BCUT2D eigenvalue weighted by atomic mass is 9.99. The first-order valence-corrected chi connectivity index (χ1v) is 10.8. The molecule has 2 fully saturated rings. The minimum absolute atomic E-state index is 0.0288. The molecule has 1 unspecified atom stereocenters. The highest BCUT2D eigenvalue weighted by molar-refractivity contribution is 6.30. The molecule has 4 rings (SSSR count). The molecule has 8 nitrogen and oxygen atoms in total. The fourth-order valence-corrected chi connectivity index (χ4v) is 4.53. The van der Waals surface area contributed by atoms with Crippen molar-refractivity contribution in [2.45, 2.75) is 43.9 Å². The number of hydrogen-bond acceptors (Lipinski definition) is 6. The minimum Gasteiger partial charge on any atom is -0.490 e. The van der Waals surface area contributed by atoms with Gasteiger partial charge in [0.25, 0.3) is 5.91 Å². The average Bonchev–Trinajstić information content (AvgIpc) is 3.05. The van der Waals surface area contributed by atoms with Gasteiger partial charge in [-0.05, 0) is 43.2 Å². The zero-order chi connectivity index (χ0) is 22.7. The standard InChI is InChI=1S/C22H24ClFN4O4/c23-13-7-19(27-20(29)10-25)22(26-11-13)31-12-21(30)28-15-3-4-16(28)9-18(8-15)32-17-5-1-14(24)2-6-17/h1-2,5-7,11,15-16,18H,3-4,8-10,12,25H2,(H,27,29)/t15-,16+,18?. The van der Waals surface area contributed by atoms with E-state index in [1.807, 2.05) is 4.90 Å². The Morgan fingerprint density at radius 2 is 1.91 bits per heavy atom. The zero-order valence-corrected chi connectivity index (χ0v) is 18.1. The van der Waals surface area contributed by atoms with Crippen molar-refractivity contribution in [2.75, 3.05) is 18.5 Å². The molecule has 0 aliphatic carbocycles. The molecule has 2 amide bonds. The van der Waals surface area contributed by atoms with E-state index in [0.29, 0.717) is 23.6 Å². The number of ether oxygens (including phenoxy) is 2. The number of benzene rings is 1. The Hall–Kier alpha value is -2.91. The third-order valence-electron chi connectivity index (χ3n) is 5.70. The molecule has 2 saturated heterocycles. The van der Waals surface area contributed by atoms with E-state index >= 15 is 0 Å². The molecular formula is C22H24ClFN4O4. The molecule has 2 aliphatic rings. The number of carbonyl (C=O) groups is 2. The molecule has 2 bridgehead atoms. The molecule has 0 spiro atoms. The van der Waals surface area contributed by atoms with Gasteiger partial charge >= 0.3 is 0 Å². The van der Waals surface area contributed by atoms with E-state index in [-0.39, 0.29) is 54.6 Å². The Balaban J connectivity index is 1.36. The highest BCUT2D eigenvalue weighted by atomic mass is 35.5. The van der Waals surface area contributed by atoms with Crippen LogP contribution in [-0.4, -0.2) is 53.0 Å². The second-order valence-electron chi connectivity index (χ2n) is 7.90. The van der Waals surface area contributed by atoms with E-state index in [2.05, 4.69) is 10.3 Å². The van der Waals surface area contributed by atoms with Crippen LogP contribution >= 0.6 is 11.6 Å². The summed E-state index contributed by atoms with van der Waals surface area (Å²) in [4.78, 5) is 30.5. The van der Waals surface area contributed by atoms with Crippen LogP contribution in [0.15, 0.2) is 36.5 Å². The summed E-state index contributed by atoms with van der Waals surface area (Å²) in [7, 11) is 0. The number of fused-ring (bicyclic) bond motifs is 2. The average molecular weight is 463 g/mol. The van der Waals surface area contributed by atoms with Gasteiger partial charge in [0.1, 0.15) is 23.4 Å². The van der Waals surface area contributed by atoms with E-state index in [0.717, 1.165) is 12.8 Å². The van der Waals surface area contributed by atoms with Crippen LogP contribution in [0, 0.1) is 5.82 Å². The highest BCUT2D eigenvalue weighted by Gasteiger charge is 2.44. The van der Waals surface area contributed by atoms with Gasteiger partial charge in [0, 0.05) is 31.1 Å². The maximum atomic E-state index is 13.1. The van der Waals surface area contributed by atoms with E-state index < -0.39 is 5.91 Å². The van der Waals surface area contributed by atoms with Crippen LogP contribution < -0.4 is 20.5 Å². The van der Waals surface area contributed by atoms with Gasteiger partial charge < -0.3 is 25.4 Å². The van der Waals surface area contributed by atoms with Crippen LogP contribution in [0.1, 0.15) is 25.7 Å². The van der Waals surface area contributed by atoms with Crippen LogP contribution in [0.2, 0.25) is 5.02 Å². The van der Waals surface area contributed by atoms with Gasteiger partial charge in [0.05, 0.1) is 11.6 Å². The van der Waals surface area contributed by atoms with Gasteiger partial charge in [-0.1, -0.05) is 11.6 Å². The van der Waals surface area contributed by atoms with Gasteiger partial charge in [-0.25, -0.2) is 9.37 Å². The SMILES string of the molecule is NCC(=O)Nc1cc(Cl)cnc1OCC(=O)N1[C@@H]2CC[C@H]1CC(Oc1ccc(F)cc1)C2. The van der Waals surface area contributed by atoms with Crippen molar-refractivity contribution in [3.05, 3.63) is 47.4 Å². The Bertz CT molecular complexity index is 976. The summed E-state index contributed by atoms with van der Waals surface area (Å²) in [5, 5.41) is 2.88. The first-order valence-electron chi connectivity index (χ1n) is 10.4. The van der Waals surface area contributed by atoms with Gasteiger partial charge in [-0.2, -0.15) is 0 Å². The summed E-state index contributed by atoms with van der Waals surface area (Å²) in [6.07, 6.45) is 4.56. The Morgan fingerprint density at radius 1 is 1.22 bits per heavy atom. The summed E-state index contributed by atoms with van der Waals surface area (Å²) in [5.41, 5.74) is 5.60. The third kappa shape index (κ3) is 5.11. The van der Waals surface area contributed by atoms with E-state index in [9.17, 15) is 14.0 Å². The summed E-state index contributed by atoms with van der Waals surface area (Å²) >= 11 is 5.95. The number of aromatic nitrogens is 1. The topological polar surface area (TPSA) is 107 Å². The molecule has 0 saturated carbocycles. The molecule has 10 heteroatoms. The Labute approximate surface area is 189 Å². The number of nitrogens with two attached hydrogens (primary N) is 1. The zero-order valence-electron chi connectivity index (χ0n) is 17.3. The van der Waals surface area contributed by atoms with Crippen molar-refractivity contribution in [3.63, 3.8) is 0 Å². The number of nitrogens with one attached hydrogen (secondary N) is 1. The minimum atomic E-state index is -0.425. The number of piperidine rings is 1. The molecule has 32 heavy (non-hydrogen) atoms. The molecule has 3 heterocycles. The number of pyridine rings is 1. The number of halogens is 2. The van der Waals surface area contributed by atoms with Crippen LogP contribution in [0.25, 0.3) is 0 Å². The quantitative estimate of drug-likeness (QED) is 0.655. The van der Waals surface area contributed by atoms with Gasteiger partial charge in [-0.15, -0.1) is 0 Å². The van der Waals surface area contributed by atoms with Crippen LogP contribution in [-0.2, 0) is 9.59 Å². The van der Waals surface area contributed by atoms with Crippen LogP contribution in [0.5, 0.6) is 11.6 Å². The maximum absolute atomic E-state index is 13.1. The summed E-state index contributed by atoms with van der Waals surface area (Å²) in [5.74, 6) is -0.151. The fraction of sp³-hybridized carbons (Fsp3) is 0.409. The lowest BCUT2D eigenvalue weighted by Gasteiger charge is -2.38. The molecule has 170 valence electrons. The van der Waals surface area contributed by atoms with Crippen molar-refractivity contribution < 1.29 is 23.5 Å². The summed E-state index contributed by atoms with van der Waals surface area (Å²) in [6.45, 7) is -0.417. The second kappa shape index (κ2) is 9.70. The van der Waals surface area contributed by atoms with Crippen LogP contribution in [0.3, 0.4) is 0 Å². The van der Waals surface area contributed by atoms with Crippen molar-refractivity contribution in [1.82, 2.24) is 9.88 Å². The summed E-state index contributed by atoms with van der Waals surface area (Å²) in [6, 6.07) is 7.58. The predicted molar refractivity (Wildman–Crippen MR) is 116 cm³/mol. The largest absolute Gasteiger partial charge is 0.490 e. The second-order valence-corrected chi connectivity index (χ2v) is 8.33. The smallest absolute Gasteiger partial charge is 0.261 e. The van der Waals surface area contributed by atoms with Crippen molar-refractivity contribution in [3.8, 4) is 11.6 Å². The Morgan fingerprint density at radius 3 is 2.56 bits per heavy atom. The number of hydrogen-bond donors (Lipinski definition) is 2. The Kier molecular flexibility index (Phi) is 6.76. The van der Waals surface area contributed by atoms with Gasteiger partial charge in [0.15, 0.2) is 6.61 Å². The van der Waals surface area contributed by atoms with Crippen molar-refractivity contribution >= 4 is 29.1 Å². The first-order chi connectivity index (χ1) is 15.4. The number of nitrogens with zero attached hydrogens (tertiary/aromatic N) is 2. The number of carbonyl (C=O) groups excluding carboxylic acids is 2. The van der Waals surface area contributed by atoms with Gasteiger partial charge in [-0.3, -0.25) is 9.59 Å². The molecular weight excluding hydrogens is 439 g/mol. The van der Waals surface area contributed by atoms with E-state index in [1.165, 1.54) is 24.4 Å². The fourth-order valence-electron chi connectivity index (χ4n) is 4.37. The number of amides is 2. The summed E-state index contributed by atoms with van der Waals surface area (Å²) < 4.78 is 24.8. The third-order valence-corrected chi connectivity index (χ3v) is 5.91. The van der Waals surface area contributed by atoms with Crippen LogP contribution in [0.4, 0.5) is 10.1 Å². The maximum Gasteiger partial charge on any atom is 0.261 e. The van der Waals surface area contributed by atoms with Crippen molar-refractivity contribution in [1.29, 1.82) is 0 Å². The molecule has 2 aromatic rings. The van der Waals surface area contributed by atoms with Gasteiger partial charge in [0.2, 0.25) is 11.8 Å². The van der Waals surface area contributed by atoms with Crippen molar-refractivity contribution in [2.24, 2.45) is 5.73 Å². The van der Waals surface area contributed by atoms with E-state index in [4.69, 9.17) is 26.8 Å². The van der Waals surface area contributed by atoms with E-state index in [1.54, 1.807) is 12.1 Å². The first kappa shape index (κ1) is 22.3.